The van der Waals surface area contributed by atoms with Crippen LogP contribution in [-0.2, 0) is 24.3 Å². The van der Waals surface area contributed by atoms with Crippen molar-refractivity contribution in [2.45, 2.75) is 132 Å². The maximum Gasteiger partial charge on any atom is 0.308 e. The maximum atomic E-state index is 13.0. The second-order valence-corrected chi connectivity index (χ2v) is 18.5. The highest BCUT2D eigenvalue weighted by Crippen LogP contribution is 2.31. The Kier molecular flexibility index (Phi) is 18.3. The van der Waals surface area contributed by atoms with Gasteiger partial charge in [0.15, 0.2) is 5.82 Å². The minimum atomic E-state index is -3.26. The van der Waals surface area contributed by atoms with E-state index >= 15 is 0 Å². The number of amides is 1. The average molecular weight is 833 g/mol. The molecule has 1 aliphatic heterocycles. The topological polar surface area (TPSA) is 160 Å². The molecule has 1 aliphatic rings. The van der Waals surface area contributed by atoms with Gasteiger partial charge in [0.05, 0.1) is 30.0 Å². The number of unbranched alkanes of at least 4 members (excludes halogenated alkanes) is 8. The summed E-state index contributed by atoms with van der Waals surface area (Å²) in [6.45, 7) is 16.3. The number of rotatable bonds is 25. The normalized spacial score (nSPS) is 14.0. The third kappa shape index (κ3) is 15.0. The number of aryl methyl sites for hydroxylation is 1. The van der Waals surface area contributed by atoms with E-state index in [0.717, 1.165) is 86.0 Å². The van der Waals surface area contributed by atoms with E-state index in [1.807, 2.05) is 38.1 Å². The van der Waals surface area contributed by atoms with Gasteiger partial charge in [-0.1, -0.05) is 98.8 Å². The van der Waals surface area contributed by atoms with Gasteiger partial charge in [-0.05, 0) is 74.7 Å². The summed E-state index contributed by atoms with van der Waals surface area (Å²) in [6, 6.07) is 13.3. The summed E-state index contributed by atoms with van der Waals surface area (Å²) < 4.78 is 31.3. The predicted molar refractivity (Wildman–Crippen MR) is 240 cm³/mol. The summed E-state index contributed by atoms with van der Waals surface area (Å²) >= 11 is 0. The molecule has 0 fully saturated rings. The summed E-state index contributed by atoms with van der Waals surface area (Å²) in [4.78, 5) is 39.5. The molecule has 2 heterocycles. The van der Waals surface area contributed by atoms with E-state index in [4.69, 9.17) is 24.9 Å². The number of anilines is 2. The summed E-state index contributed by atoms with van der Waals surface area (Å²) in [5.74, 6) is 0.521. The predicted octanol–water partition coefficient (Wildman–Crippen LogP) is 9.22. The molecule has 14 heteroatoms. The molecule has 2 aromatic carbocycles. The van der Waals surface area contributed by atoms with E-state index in [1.165, 1.54) is 36.9 Å². The van der Waals surface area contributed by atoms with Gasteiger partial charge in [-0.2, -0.15) is 5.10 Å². The number of benzene rings is 2. The van der Waals surface area contributed by atoms with Crippen LogP contribution < -0.4 is 14.9 Å². The molecule has 1 unspecified atom stereocenters. The van der Waals surface area contributed by atoms with E-state index < -0.39 is 10.0 Å². The second-order valence-electron chi connectivity index (χ2n) is 16.7. The molecule has 1 amide bonds. The third-order valence-corrected chi connectivity index (χ3v) is 11.2. The van der Waals surface area contributed by atoms with Crippen LogP contribution in [0.15, 0.2) is 52.6 Å². The molecular weight excluding hydrogens is 765 g/mol. The number of esters is 1. The molecule has 0 bridgehead atoms. The number of aromatic nitrogens is 3. The van der Waals surface area contributed by atoms with E-state index in [9.17, 15) is 18.0 Å². The lowest BCUT2D eigenvalue weighted by molar-refractivity contribution is -0.149. The first kappa shape index (κ1) is 47.3. The van der Waals surface area contributed by atoms with Crippen LogP contribution in [0.4, 0.5) is 17.1 Å². The maximum absolute atomic E-state index is 13.0. The zero-order valence-electron chi connectivity index (χ0n) is 36.8. The molecule has 4 rings (SSSR count). The summed E-state index contributed by atoms with van der Waals surface area (Å²) in [5, 5.41) is 12.4. The van der Waals surface area contributed by atoms with Crippen LogP contribution in [0.2, 0.25) is 0 Å². The van der Waals surface area contributed by atoms with Crippen molar-refractivity contribution in [3.63, 3.8) is 0 Å². The molecule has 0 saturated carbocycles. The lowest BCUT2D eigenvalue weighted by atomic mass is 9.87. The minimum absolute atomic E-state index is 0.0572. The Morgan fingerprint density at radius 1 is 0.915 bits per heavy atom. The van der Waals surface area contributed by atoms with E-state index in [0.29, 0.717) is 36.1 Å². The quantitative estimate of drug-likeness (QED) is 0.0631. The Hall–Kier alpha value is -4.43. The van der Waals surface area contributed by atoms with Crippen molar-refractivity contribution in [3.05, 3.63) is 53.9 Å². The van der Waals surface area contributed by atoms with E-state index in [2.05, 4.69) is 55.6 Å². The van der Waals surface area contributed by atoms with Crippen molar-refractivity contribution >= 4 is 50.4 Å². The van der Waals surface area contributed by atoms with Crippen LogP contribution in [0.25, 0.3) is 11.4 Å². The van der Waals surface area contributed by atoms with Gasteiger partial charge < -0.3 is 15.0 Å². The molecule has 324 valence electrons. The number of fused-ring (bicyclic) bond motifs is 1. The molecular formula is C45H68N8O5S. The number of ether oxygens (including phenoxy) is 1. The highest BCUT2D eigenvalue weighted by Gasteiger charge is 2.35. The minimum Gasteiger partial charge on any atom is -0.465 e. The summed E-state index contributed by atoms with van der Waals surface area (Å²) in [6.07, 6.45) is 14.6. The van der Waals surface area contributed by atoms with Gasteiger partial charge in [0.25, 0.3) is 0 Å². The first-order valence-corrected chi connectivity index (χ1v) is 23.6. The van der Waals surface area contributed by atoms with Crippen molar-refractivity contribution in [3.8, 4) is 11.4 Å². The van der Waals surface area contributed by atoms with Crippen LogP contribution in [-0.4, -0.2) is 79.1 Å². The number of nitrogens with one attached hydrogen (secondary N) is 2. The van der Waals surface area contributed by atoms with Crippen LogP contribution >= 0.6 is 0 Å². The zero-order chi connectivity index (χ0) is 43.0. The lowest BCUT2D eigenvalue weighted by Crippen LogP contribution is -2.34. The Bertz CT molecular complexity index is 2000. The SMILES string of the molecule is CCCCCCCCC(CCCCCC)C(=O)OCCC(=O)Nc1ccc(-c2nc3n(n2)N=C(C(C)(C)C)C3=Nc2ccc(N(CC)CCNS(C)(=O)=O)cc2C)cc1. The number of carbonyl (C=O) groups is 2. The van der Waals surface area contributed by atoms with E-state index in [1.54, 1.807) is 12.1 Å². The number of likely N-dealkylation sites (N-methyl/N-ethyl adjacent to an activating group) is 1. The number of hydrogen-bond donors (Lipinski definition) is 2. The fourth-order valence-electron chi connectivity index (χ4n) is 7.08. The Morgan fingerprint density at radius 2 is 1.56 bits per heavy atom. The Labute approximate surface area is 352 Å². The van der Waals surface area contributed by atoms with Crippen molar-refractivity contribution in [1.82, 2.24) is 19.6 Å². The molecule has 59 heavy (non-hydrogen) atoms. The molecule has 13 nitrogen and oxygen atoms in total. The van der Waals surface area contributed by atoms with Crippen LogP contribution in [0.3, 0.4) is 0 Å². The smallest absolute Gasteiger partial charge is 0.308 e. The standard InChI is InChI=1S/C45H68N8O5S/c1-9-12-14-16-17-19-21-35(20-18-15-13-10-2)44(55)58-31-28-39(54)47-36-24-22-34(23-25-36)42-49-43-40(41(45(5,6)7)50-53(43)51-42)48-38-27-26-37(32-33(38)4)52(11-3)30-29-46-59(8,56)57/h22-27,32,35,46H,9-21,28-31H2,1-8H3,(H,47,54). The van der Waals surface area contributed by atoms with Gasteiger partial charge in [-0.25, -0.2) is 23.1 Å². The summed E-state index contributed by atoms with van der Waals surface area (Å²) in [5.41, 5.74) is 5.17. The van der Waals surface area contributed by atoms with Gasteiger partial charge in [0, 0.05) is 42.0 Å². The highest BCUT2D eigenvalue weighted by molar-refractivity contribution is 7.88. The molecule has 0 aliphatic carbocycles. The van der Waals surface area contributed by atoms with Gasteiger partial charge in [0.1, 0.15) is 12.3 Å². The molecule has 0 radical (unpaired) electrons. The van der Waals surface area contributed by atoms with Gasteiger partial charge >= 0.3 is 5.97 Å². The van der Waals surface area contributed by atoms with Crippen molar-refractivity contribution in [1.29, 1.82) is 0 Å². The second kappa shape index (κ2) is 22.8. The van der Waals surface area contributed by atoms with Gasteiger partial charge in [0.2, 0.25) is 21.8 Å². The largest absolute Gasteiger partial charge is 0.465 e. The first-order chi connectivity index (χ1) is 28.1. The van der Waals surface area contributed by atoms with Crippen LogP contribution in [0.5, 0.6) is 0 Å². The number of hydrogen-bond acceptors (Lipinski definition) is 10. The zero-order valence-corrected chi connectivity index (χ0v) is 37.6. The molecule has 1 atom stereocenters. The van der Waals surface area contributed by atoms with E-state index in [-0.39, 0.29) is 36.2 Å². The first-order valence-electron chi connectivity index (χ1n) is 21.7. The fraction of sp³-hybridized carbons (Fsp3) is 0.600. The van der Waals surface area contributed by atoms with Crippen molar-refractivity contribution < 1.29 is 22.7 Å². The van der Waals surface area contributed by atoms with Crippen molar-refractivity contribution in [2.75, 3.05) is 42.7 Å². The molecule has 0 saturated heterocycles. The average Bonchev–Trinajstić information content (AvgIpc) is 3.75. The number of nitrogens with zero attached hydrogens (tertiary/aromatic N) is 6. The van der Waals surface area contributed by atoms with Crippen molar-refractivity contribution in [2.24, 2.45) is 21.4 Å². The van der Waals surface area contributed by atoms with Gasteiger partial charge in [-0.3, -0.25) is 9.59 Å². The number of aliphatic imine (C=N–C) groups is 1. The number of carbonyl (C=O) groups excluding carboxylic acids is 2. The monoisotopic (exact) mass is 833 g/mol. The summed E-state index contributed by atoms with van der Waals surface area (Å²) in [7, 11) is -3.26. The number of sulfonamides is 1. The molecule has 2 N–H and O–H groups in total. The Balaban J connectivity index is 1.38. The fourth-order valence-corrected chi connectivity index (χ4v) is 7.54. The molecule has 0 spiro atoms. The molecule has 3 aromatic rings. The highest BCUT2D eigenvalue weighted by atomic mass is 32.2. The third-order valence-electron chi connectivity index (χ3n) is 10.5. The molecule has 1 aromatic heterocycles. The van der Waals surface area contributed by atoms with Gasteiger partial charge in [-0.15, -0.1) is 9.89 Å². The van der Waals surface area contributed by atoms with Crippen LogP contribution in [0, 0.1) is 18.3 Å². The van der Waals surface area contributed by atoms with Crippen LogP contribution in [0.1, 0.15) is 136 Å². The lowest BCUT2D eigenvalue weighted by Gasteiger charge is -2.24. The Morgan fingerprint density at radius 3 is 2.17 bits per heavy atom.